The van der Waals surface area contributed by atoms with Crippen molar-refractivity contribution in [3.05, 3.63) is 186 Å². The van der Waals surface area contributed by atoms with Crippen LogP contribution in [-0.2, 0) is 0 Å². The van der Waals surface area contributed by atoms with Crippen LogP contribution in [0.15, 0.2) is 158 Å². The van der Waals surface area contributed by atoms with Crippen molar-refractivity contribution >= 4 is 45.0 Å². The van der Waals surface area contributed by atoms with Gasteiger partial charge in [0.05, 0.1) is 51.7 Å². The van der Waals surface area contributed by atoms with Crippen molar-refractivity contribution in [2.24, 2.45) is 0 Å². The van der Waals surface area contributed by atoms with E-state index in [0.717, 1.165) is 55.2 Å². The molecule has 0 unspecified atom stereocenters. The summed E-state index contributed by atoms with van der Waals surface area (Å²) in [6.07, 6.45) is 0. The van der Waals surface area contributed by atoms with Gasteiger partial charge in [0.2, 0.25) is 0 Å². The van der Waals surface area contributed by atoms with Gasteiger partial charge in [-0.15, -0.1) is 0 Å². The monoisotopic (exact) mass is 666 g/mol. The molecule has 0 N–H and O–H groups in total. The molecule has 6 heteroatoms. The number of nitriles is 1. The topological polar surface area (TPSA) is 70.5 Å². The second-order valence-electron chi connectivity index (χ2n) is 12.6. The smallest absolute Gasteiger partial charge is 0.268 e. The van der Waals surface area contributed by atoms with Gasteiger partial charge in [0.15, 0.2) is 5.69 Å². The fourth-order valence-corrected chi connectivity index (χ4v) is 7.38. The molecule has 0 spiro atoms. The third-order valence-electron chi connectivity index (χ3n) is 9.81. The van der Waals surface area contributed by atoms with E-state index in [1.165, 1.54) is 4.90 Å². The minimum absolute atomic E-state index is 0.325. The summed E-state index contributed by atoms with van der Waals surface area (Å²) in [5.41, 5.74) is 10.3. The lowest BCUT2D eigenvalue weighted by atomic mass is 9.99. The molecule has 0 fully saturated rings. The van der Waals surface area contributed by atoms with Gasteiger partial charge in [-0.2, -0.15) is 5.26 Å². The zero-order valence-corrected chi connectivity index (χ0v) is 27.6. The van der Waals surface area contributed by atoms with Gasteiger partial charge in [0, 0.05) is 21.9 Å². The molecular weight excluding hydrogens is 641 g/mol. The van der Waals surface area contributed by atoms with Crippen molar-refractivity contribution in [3.63, 3.8) is 0 Å². The maximum Gasteiger partial charge on any atom is 0.268 e. The SMILES string of the molecule is [C-]#[N+]c1ccc(-c2cccc3c4cccc(-c5ccc(C#N)cc5)c4n(-c4cccc5c4C(=O)N(c4ccc(-c6ccccc6)cc4)C5=O)c23)cc1. The third kappa shape index (κ3) is 4.71. The Labute approximate surface area is 299 Å². The molecule has 0 atom stereocenters. The maximum absolute atomic E-state index is 14.6. The maximum atomic E-state index is 14.6. The summed E-state index contributed by atoms with van der Waals surface area (Å²) < 4.78 is 2.11. The van der Waals surface area contributed by atoms with Crippen molar-refractivity contribution in [3.8, 4) is 45.1 Å². The van der Waals surface area contributed by atoms with Gasteiger partial charge >= 0.3 is 0 Å². The van der Waals surface area contributed by atoms with Gasteiger partial charge in [-0.05, 0) is 58.7 Å². The Balaban J connectivity index is 1.30. The zero-order chi connectivity index (χ0) is 35.3. The summed E-state index contributed by atoms with van der Waals surface area (Å²) in [6, 6.07) is 52.3. The summed E-state index contributed by atoms with van der Waals surface area (Å²) >= 11 is 0. The van der Waals surface area contributed by atoms with Gasteiger partial charge in [-0.1, -0.05) is 121 Å². The molecule has 0 bridgehead atoms. The standard InChI is InChI=1S/C46H26N4O2/c1-48-34-24-20-33(21-25-34)37-11-6-13-39-38-12-5-10-36(32-18-16-29(28-47)17-19-32)43(38)50(44(37)39)41-15-7-14-40-42(41)46(52)49(45(40)51)35-26-22-31(23-27-35)30-8-3-2-4-9-30/h2-27H. The van der Waals surface area contributed by atoms with Crippen LogP contribution in [0.3, 0.4) is 0 Å². The molecule has 9 rings (SSSR count). The number of rotatable bonds is 5. The Morgan fingerprint density at radius 1 is 0.519 bits per heavy atom. The molecule has 6 nitrogen and oxygen atoms in total. The van der Waals surface area contributed by atoms with E-state index in [4.69, 9.17) is 6.57 Å². The molecule has 0 saturated heterocycles. The van der Waals surface area contributed by atoms with Gasteiger partial charge < -0.3 is 4.57 Å². The molecule has 0 radical (unpaired) electrons. The van der Waals surface area contributed by atoms with Crippen molar-refractivity contribution in [2.75, 3.05) is 4.90 Å². The quantitative estimate of drug-likeness (QED) is 0.136. The molecule has 2 amide bonds. The lowest BCUT2D eigenvalue weighted by molar-refractivity contribution is 0.0926. The molecule has 2 heterocycles. The molecule has 1 aromatic heterocycles. The normalized spacial score (nSPS) is 12.2. The van der Waals surface area contributed by atoms with E-state index in [9.17, 15) is 14.9 Å². The van der Waals surface area contributed by atoms with Gasteiger partial charge in [0.25, 0.3) is 11.8 Å². The fourth-order valence-electron chi connectivity index (χ4n) is 7.38. The lowest BCUT2D eigenvalue weighted by Gasteiger charge is -2.17. The van der Waals surface area contributed by atoms with E-state index in [-0.39, 0.29) is 5.91 Å². The number of fused-ring (bicyclic) bond motifs is 4. The number of para-hydroxylation sites is 2. The minimum Gasteiger partial charge on any atom is -0.307 e. The Morgan fingerprint density at radius 2 is 1.06 bits per heavy atom. The second kappa shape index (κ2) is 12.1. The summed E-state index contributed by atoms with van der Waals surface area (Å²) in [7, 11) is 0. The second-order valence-corrected chi connectivity index (χ2v) is 12.6. The number of hydrogen-bond donors (Lipinski definition) is 0. The molecule has 8 aromatic rings. The predicted octanol–water partition coefficient (Wildman–Crippen LogP) is 11.0. The Hall–Kier alpha value is -7.54. The van der Waals surface area contributed by atoms with E-state index >= 15 is 0 Å². The minimum atomic E-state index is -0.396. The highest BCUT2D eigenvalue weighted by Gasteiger charge is 2.39. The number of carbonyl (C=O) groups excluding carboxylic acids is 2. The number of nitrogens with zero attached hydrogens (tertiary/aromatic N) is 4. The number of carbonyl (C=O) groups is 2. The summed E-state index contributed by atoms with van der Waals surface area (Å²) in [6.45, 7) is 7.47. The van der Waals surface area contributed by atoms with Crippen LogP contribution in [0.5, 0.6) is 0 Å². The van der Waals surface area contributed by atoms with Gasteiger partial charge in [0.1, 0.15) is 0 Å². The highest BCUT2D eigenvalue weighted by Crippen LogP contribution is 2.44. The van der Waals surface area contributed by atoms with Crippen LogP contribution in [0, 0.1) is 17.9 Å². The van der Waals surface area contributed by atoms with Crippen molar-refractivity contribution < 1.29 is 9.59 Å². The molecule has 52 heavy (non-hydrogen) atoms. The predicted molar refractivity (Wildman–Crippen MR) is 206 cm³/mol. The zero-order valence-electron chi connectivity index (χ0n) is 27.6. The number of aromatic nitrogens is 1. The van der Waals surface area contributed by atoms with Gasteiger partial charge in [-0.25, -0.2) is 9.74 Å². The van der Waals surface area contributed by atoms with Crippen LogP contribution < -0.4 is 4.90 Å². The van der Waals surface area contributed by atoms with Gasteiger partial charge in [-0.3, -0.25) is 9.59 Å². The first-order chi connectivity index (χ1) is 25.6. The number of anilines is 1. The van der Waals surface area contributed by atoms with Crippen molar-refractivity contribution in [1.29, 1.82) is 5.26 Å². The molecule has 0 saturated carbocycles. The summed E-state index contributed by atoms with van der Waals surface area (Å²) in [5, 5.41) is 11.4. The molecule has 0 aliphatic carbocycles. The number of imide groups is 1. The van der Waals surface area contributed by atoms with E-state index < -0.39 is 5.91 Å². The molecular formula is C46H26N4O2. The van der Waals surface area contributed by atoms with Crippen molar-refractivity contribution in [2.45, 2.75) is 0 Å². The molecule has 7 aromatic carbocycles. The Bertz CT molecular complexity index is 2710. The van der Waals surface area contributed by atoms with E-state index in [2.05, 4.69) is 27.6 Å². The fraction of sp³-hybridized carbons (Fsp3) is 0. The number of amides is 2. The van der Waals surface area contributed by atoms with Crippen LogP contribution in [-0.4, -0.2) is 16.4 Å². The third-order valence-corrected chi connectivity index (χ3v) is 9.81. The molecule has 1 aliphatic heterocycles. The Kier molecular flexibility index (Phi) is 7.10. The highest BCUT2D eigenvalue weighted by atomic mass is 16.2. The summed E-state index contributed by atoms with van der Waals surface area (Å²) in [5.74, 6) is -0.773. The lowest BCUT2D eigenvalue weighted by Crippen LogP contribution is -2.29. The first-order valence-corrected chi connectivity index (χ1v) is 16.8. The van der Waals surface area contributed by atoms with Crippen LogP contribution in [0.1, 0.15) is 26.3 Å². The average molecular weight is 667 g/mol. The van der Waals surface area contributed by atoms with Crippen LogP contribution in [0.4, 0.5) is 11.4 Å². The number of hydrogen-bond acceptors (Lipinski definition) is 3. The van der Waals surface area contributed by atoms with E-state index in [1.54, 1.807) is 30.3 Å². The van der Waals surface area contributed by atoms with Crippen LogP contribution >= 0.6 is 0 Å². The van der Waals surface area contributed by atoms with Crippen molar-refractivity contribution in [1.82, 2.24) is 4.57 Å². The Morgan fingerprint density at radius 3 is 1.65 bits per heavy atom. The number of benzene rings is 7. The molecule has 242 valence electrons. The van der Waals surface area contributed by atoms with Crippen LogP contribution in [0.25, 0.3) is 65.7 Å². The first-order valence-electron chi connectivity index (χ1n) is 16.8. The van der Waals surface area contributed by atoms with Crippen LogP contribution in [0.2, 0.25) is 0 Å². The highest BCUT2D eigenvalue weighted by molar-refractivity contribution is 6.36. The van der Waals surface area contributed by atoms with E-state index in [1.807, 2.05) is 115 Å². The summed E-state index contributed by atoms with van der Waals surface area (Å²) in [4.78, 5) is 33.6. The molecule has 1 aliphatic rings. The largest absolute Gasteiger partial charge is 0.307 e. The van der Waals surface area contributed by atoms with E-state index in [0.29, 0.717) is 33.8 Å². The first kappa shape index (κ1) is 30.5. The average Bonchev–Trinajstić information content (AvgIpc) is 3.69.